The van der Waals surface area contributed by atoms with Gasteiger partial charge in [0, 0.05) is 17.3 Å². The summed E-state index contributed by atoms with van der Waals surface area (Å²) in [5.74, 6) is 1.46. The van der Waals surface area contributed by atoms with Crippen LogP contribution in [0.1, 0.15) is 45.7 Å². The predicted molar refractivity (Wildman–Crippen MR) is 80.9 cm³/mol. The van der Waals surface area contributed by atoms with Crippen molar-refractivity contribution >= 4 is 31.9 Å². The number of rotatable bonds is 2. The van der Waals surface area contributed by atoms with Gasteiger partial charge in [0.2, 0.25) is 0 Å². The third kappa shape index (κ3) is 2.53. The zero-order chi connectivity index (χ0) is 13.5. The molecule has 0 N–H and O–H groups in total. The van der Waals surface area contributed by atoms with Crippen LogP contribution in [0.5, 0.6) is 0 Å². The number of hydrogen-bond acceptors (Lipinski definition) is 2. The highest BCUT2D eigenvalue weighted by molar-refractivity contribution is 9.10. The maximum atomic E-state index is 4.13. The molecule has 0 amide bonds. The highest BCUT2D eigenvalue weighted by atomic mass is 79.9. The third-order valence-electron chi connectivity index (χ3n) is 4.36. The number of nitrogens with zero attached hydrogens (tertiary/aromatic N) is 3. The second-order valence-corrected chi connectivity index (χ2v) is 8.04. The summed E-state index contributed by atoms with van der Waals surface area (Å²) < 4.78 is 2.79. The summed E-state index contributed by atoms with van der Waals surface area (Å²) in [6.45, 7) is 6.97. The van der Waals surface area contributed by atoms with Crippen molar-refractivity contribution in [2.45, 2.75) is 50.3 Å². The van der Waals surface area contributed by atoms with Gasteiger partial charge >= 0.3 is 0 Å². The van der Waals surface area contributed by atoms with Gasteiger partial charge in [-0.15, -0.1) is 5.10 Å². The Morgan fingerprint density at radius 3 is 2.50 bits per heavy atom. The van der Waals surface area contributed by atoms with Crippen LogP contribution in [-0.4, -0.2) is 19.8 Å². The van der Waals surface area contributed by atoms with Gasteiger partial charge in [-0.2, -0.15) is 0 Å². The van der Waals surface area contributed by atoms with Crippen LogP contribution >= 0.6 is 31.9 Å². The molecule has 2 rings (SSSR count). The number of aromatic nitrogens is 3. The molecule has 5 heteroatoms. The van der Waals surface area contributed by atoms with Crippen LogP contribution in [0, 0.1) is 11.8 Å². The fraction of sp³-hybridized carbons (Fsp3) is 0.846. The van der Waals surface area contributed by atoms with Crippen LogP contribution in [0.4, 0.5) is 0 Å². The molecule has 0 bridgehead atoms. The van der Waals surface area contributed by atoms with Crippen LogP contribution in [-0.2, 0) is 12.5 Å². The first-order valence-corrected chi connectivity index (χ1v) is 8.24. The molecule has 1 heterocycles. The summed E-state index contributed by atoms with van der Waals surface area (Å²) in [7, 11) is 1.98. The Hall–Kier alpha value is 0.1000. The van der Waals surface area contributed by atoms with Gasteiger partial charge in [-0.1, -0.05) is 48.3 Å². The molecule has 1 aliphatic carbocycles. The van der Waals surface area contributed by atoms with E-state index in [1.54, 1.807) is 0 Å². The summed E-state index contributed by atoms with van der Waals surface area (Å²) in [6, 6.07) is 0. The van der Waals surface area contributed by atoms with Crippen LogP contribution in [0.25, 0.3) is 0 Å². The second kappa shape index (κ2) is 5.23. The van der Waals surface area contributed by atoms with Crippen LogP contribution < -0.4 is 0 Å². The van der Waals surface area contributed by atoms with E-state index in [-0.39, 0.29) is 5.41 Å². The zero-order valence-corrected chi connectivity index (χ0v) is 14.6. The summed E-state index contributed by atoms with van der Waals surface area (Å²) in [6.07, 6.45) is 3.85. The quantitative estimate of drug-likeness (QED) is 0.726. The minimum absolute atomic E-state index is 0.0748. The predicted octanol–water partition coefficient (Wildman–Crippen LogP) is 4.05. The molecular weight excluding hydrogens is 358 g/mol. The summed E-state index contributed by atoms with van der Waals surface area (Å²) in [5, 5.41) is 8.25. The van der Waals surface area contributed by atoms with Crippen molar-refractivity contribution in [2.75, 3.05) is 0 Å². The van der Waals surface area contributed by atoms with Crippen molar-refractivity contribution in [1.29, 1.82) is 0 Å². The first-order chi connectivity index (χ1) is 8.34. The molecule has 1 aromatic heterocycles. The zero-order valence-electron chi connectivity index (χ0n) is 11.5. The molecule has 1 saturated carbocycles. The van der Waals surface area contributed by atoms with E-state index >= 15 is 0 Å². The number of alkyl halides is 1. The highest BCUT2D eigenvalue weighted by Crippen LogP contribution is 2.46. The van der Waals surface area contributed by atoms with Crippen molar-refractivity contribution in [3.63, 3.8) is 0 Å². The monoisotopic (exact) mass is 377 g/mol. The van der Waals surface area contributed by atoms with Gasteiger partial charge < -0.3 is 0 Å². The second-order valence-electron chi connectivity index (χ2n) is 6.11. The highest BCUT2D eigenvalue weighted by Gasteiger charge is 2.41. The van der Waals surface area contributed by atoms with Gasteiger partial charge in [0.05, 0.1) is 5.69 Å². The lowest BCUT2D eigenvalue weighted by Gasteiger charge is -2.42. The van der Waals surface area contributed by atoms with E-state index in [2.05, 4.69) is 62.9 Å². The minimum atomic E-state index is 0.0748. The average Bonchev–Trinajstić information content (AvgIpc) is 2.58. The van der Waals surface area contributed by atoms with Crippen LogP contribution in [0.2, 0.25) is 0 Å². The van der Waals surface area contributed by atoms with Crippen molar-refractivity contribution in [2.24, 2.45) is 18.9 Å². The molecule has 3 nitrogen and oxygen atoms in total. The smallest absolute Gasteiger partial charge is 0.152 e. The van der Waals surface area contributed by atoms with Gasteiger partial charge in [-0.05, 0) is 40.6 Å². The maximum Gasteiger partial charge on any atom is 0.152 e. The summed E-state index contributed by atoms with van der Waals surface area (Å²) in [4.78, 5) is 0.582. The molecule has 3 unspecified atom stereocenters. The molecule has 0 radical (unpaired) electrons. The summed E-state index contributed by atoms with van der Waals surface area (Å²) in [5.41, 5.74) is 1.28. The van der Waals surface area contributed by atoms with Gasteiger partial charge in [-0.25, -0.2) is 0 Å². The molecule has 1 aromatic rings. The van der Waals surface area contributed by atoms with E-state index < -0.39 is 0 Å². The normalized spacial score (nSPS) is 29.6. The Bertz CT molecular complexity index is 408. The molecule has 1 fully saturated rings. The first kappa shape index (κ1) is 14.5. The van der Waals surface area contributed by atoms with Crippen molar-refractivity contribution in [1.82, 2.24) is 15.0 Å². The Morgan fingerprint density at radius 2 is 2.00 bits per heavy atom. The average molecular weight is 379 g/mol. The van der Waals surface area contributed by atoms with Crippen LogP contribution in [0.15, 0.2) is 4.60 Å². The van der Waals surface area contributed by atoms with Gasteiger partial charge in [0.25, 0.3) is 0 Å². The molecule has 1 aliphatic rings. The Labute approximate surface area is 126 Å². The topological polar surface area (TPSA) is 30.7 Å². The van der Waals surface area contributed by atoms with E-state index in [4.69, 9.17) is 0 Å². The van der Waals surface area contributed by atoms with Gasteiger partial charge in [-0.3, -0.25) is 4.68 Å². The van der Waals surface area contributed by atoms with Crippen molar-refractivity contribution in [3.8, 4) is 0 Å². The molecular formula is C13H21Br2N3. The number of aryl methyl sites for hydroxylation is 1. The fourth-order valence-corrected chi connectivity index (χ4v) is 5.72. The van der Waals surface area contributed by atoms with E-state index in [1.165, 1.54) is 25.0 Å². The number of hydrogen-bond donors (Lipinski definition) is 0. The number of halogens is 2. The van der Waals surface area contributed by atoms with Crippen molar-refractivity contribution in [3.05, 3.63) is 10.3 Å². The Balaban J connectivity index is 2.31. The van der Waals surface area contributed by atoms with Gasteiger partial charge in [0.15, 0.2) is 4.60 Å². The summed E-state index contributed by atoms with van der Waals surface area (Å²) >= 11 is 7.44. The standard InChI is InChI=1S/C13H21Br2N3/c1-8-5-6-9(10(14)7-8)13(2,3)11-12(15)16-17-18(11)4/h8-10H,5-7H2,1-4H3. The maximum absolute atomic E-state index is 4.13. The molecule has 0 saturated heterocycles. The minimum Gasteiger partial charge on any atom is -0.251 e. The van der Waals surface area contributed by atoms with E-state index in [0.29, 0.717) is 10.7 Å². The molecule has 0 spiro atoms. The lowest BCUT2D eigenvalue weighted by Crippen LogP contribution is -2.40. The van der Waals surface area contributed by atoms with E-state index in [1.807, 2.05) is 11.7 Å². The van der Waals surface area contributed by atoms with Gasteiger partial charge in [0.1, 0.15) is 0 Å². The van der Waals surface area contributed by atoms with Crippen LogP contribution in [0.3, 0.4) is 0 Å². The van der Waals surface area contributed by atoms with E-state index in [0.717, 1.165) is 10.5 Å². The SMILES string of the molecule is CC1CCC(C(C)(C)c2c(Br)nnn2C)C(Br)C1. The fourth-order valence-electron chi connectivity index (χ4n) is 3.31. The lowest BCUT2D eigenvalue weighted by atomic mass is 9.67. The molecule has 18 heavy (non-hydrogen) atoms. The molecule has 0 aromatic carbocycles. The Morgan fingerprint density at radius 1 is 1.33 bits per heavy atom. The Kier molecular flexibility index (Phi) is 4.22. The molecule has 0 aliphatic heterocycles. The van der Waals surface area contributed by atoms with Crippen molar-refractivity contribution < 1.29 is 0 Å². The lowest BCUT2D eigenvalue weighted by molar-refractivity contribution is 0.205. The molecule has 3 atom stereocenters. The third-order valence-corrected chi connectivity index (χ3v) is 5.90. The molecule has 102 valence electrons. The van der Waals surface area contributed by atoms with E-state index in [9.17, 15) is 0 Å². The largest absolute Gasteiger partial charge is 0.251 e. The first-order valence-electron chi connectivity index (χ1n) is 6.53.